The van der Waals surface area contributed by atoms with E-state index in [9.17, 15) is 14.0 Å². The zero-order chi connectivity index (χ0) is 29.3. The van der Waals surface area contributed by atoms with Gasteiger partial charge in [-0.2, -0.15) is 4.98 Å². The molecule has 2 aromatic heterocycles. The Morgan fingerprint density at radius 1 is 0.929 bits per heavy atom. The lowest BCUT2D eigenvalue weighted by molar-refractivity contribution is -0.133. The van der Waals surface area contributed by atoms with E-state index in [0.29, 0.717) is 64.9 Å². The van der Waals surface area contributed by atoms with Gasteiger partial charge in [-0.15, -0.1) is 0 Å². The largest absolute Gasteiger partial charge is 0.496 e. The van der Waals surface area contributed by atoms with E-state index in [1.54, 1.807) is 49.7 Å². The Morgan fingerprint density at radius 2 is 1.60 bits per heavy atom. The van der Waals surface area contributed by atoms with Crippen LogP contribution in [0.1, 0.15) is 36.7 Å². The van der Waals surface area contributed by atoms with Gasteiger partial charge >= 0.3 is 0 Å². The monoisotopic (exact) mass is 565 g/mol. The summed E-state index contributed by atoms with van der Waals surface area (Å²) in [6, 6.07) is 18.5. The smallest absolute Gasteiger partial charge is 0.261 e. The second kappa shape index (κ2) is 11.2. The summed E-state index contributed by atoms with van der Waals surface area (Å²) in [6.45, 7) is 1.95. The number of ketones is 2. The summed E-state index contributed by atoms with van der Waals surface area (Å²) in [6.07, 6.45) is 3.68. The van der Waals surface area contributed by atoms with Gasteiger partial charge in [-0.3, -0.25) is 14.6 Å². The number of halogens is 1. The van der Waals surface area contributed by atoms with Crippen molar-refractivity contribution in [3.8, 4) is 28.7 Å². The lowest BCUT2D eigenvalue weighted by atomic mass is 9.88. The lowest BCUT2D eigenvalue weighted by Crippen LogP contribution is -2.28. The van der Waals surface area contributed by atoms with Crippen LogP contribution in [0, 0.1) is 11.2 Å². The first kappa shape index (κ1) is 27.3. The number of rotatable bonds is 11. The van der Waals surface area contributed by atoms with Gasteiger partial charge in [0.05, 0.1) is 23.6 Å². The summed E-state index contributed by atoms with van der Waals surface area (Å²) in [5, 5.41) is 4.73. The lowest BCUT2D eigenvalue weighted by Gasteiger charge is -2.14. The first-order chi connectivity index (χ1) is 20.4. The zero-order valence-corrected chi connectivity index (χ0v) is 23.2. The van der Waals surface area contributed by atoms with Crippen molar-refractivity contribution in [1.29, 1.82) is 0 Å². The molecule has 0 amide bonds. The summed E-state index contributed by atoms with van der Waals surface area (Å²) in [5.74, 6) is 2.10. The Balaban J connectivity index is 1.17. The standard InChI is InChI=1S/C33H28FN3O5/c1-3-31-36-32(42-37-31)25-18-24-26(19-28(25)40-2)35-15-12-27(24)41-23-10-6-21(7-11-23)17-30(39)33(13-14-33)29(38)16-20-4-8-22(34)9-5-20/h4-12,15,18-19H,3,13-14,16-17H2,1-2H3. The van der Waals surface area contributed by atoms with Gasteiger partial charge in [0.2, 0.25) is 0 Å². The molecule has 0 N–H and O–H groups in total. The number of ether oxygens (including phenoxy) is 2. The highest BCUT2D eigenvalue weighted by Gasteiger charge is 2.54. The number of aromatic nitrogens is 3. The van der Waals surface area contributed by atoms with E-state index in [2.05, 4.69) is 15.1 Å². The maximum Gasteiger partial charge on any atom is 0.261 e. The molecular formula is C33H28FN3O5. The molecule has 0 aliphatic heterocycles. The van der Waals surface area contributed by atoms with Crippen LogP contribution in [0.25, 0.3) is 22.4 Å². The van der Waals surface area contributed by atoms with Crippen molar-refractivity contribution in [2.45, 2.75) is 39.0 Å². The molecule has 0 radical (unpaired) electrons. The summed E-state index contributed by atoms with van der Waals surface area (Å²) in [7, 11) is 1.57. The number of Topliss-reactive ketones (excluding diaryl/α,β-unsaturated/α-hetero) is 2. The Hall–Kier alpha value is -4.92. The third kappa shape index (κ3) is 5.37. The predicted octanol–water partition coefficient (Wildman–Crippen LogP) is 6.49. The topological polar surface area (TPSA) is 104 Å². The molecule has 1 aliphatic rings. The Morgan fingerprint density at radius 3 is 2.19 bits per heavy atom. The molecule has 8 nitrogen and oxygen atoms in total. The van der Waals surface area contributed by atoms with Crippen LogP contribution in [0.4, 0.5) is 4.39 Å². The number of fused-ring (bicyclic) bond motifs is 1. The van der Waals surface area contributed by atoms with Crippen molar-refractivity contribution >= 4 is 22.5 Å². The molecule has 2 heterocycles. The van der Waals surface area contributed by atoms with E-state index in [1.165, 1.54) is 12.1 Å². The van der Waals surface area contributed by atoms with Gasteiger partial charge in [0.15, 0.2) is 17.4 Å². The van der Waals surface area contributed by atoms with Crippen molar-refractivity contribution < 1.29 is 28.0 Å². The second-order valence-electron chi connectivity index (χ2n) is 10.4. The maximum atomic E-state index is 13.2. The number of hydrogen-bond acceptors (Lipinski definition) is 8. The molecule has 0 saturated heterocycles. The zero-order valence-electron chi connectivity index (χ0n) is 23.2. The highest BCUT2D eigenvalue weighted by Crippen LogP contribution is 2.49. The third-order valence-corrected chi connectivity index (χ3v) is 7.65. The molecule has 0 bridgehead atoms. The van der Waals surface area contributed by atoms with Gasteiger partial charge in [0, 0.05) is 36.9 Å². The highest BCUT2D eigenvalue weighted by molar-refractivity contribution is 6.11. The van der Waals surface area contributed by atoms with Crippen LogP contribution in [0.15, 0.2) is 77.4 Å². The van der Waals surface area contributed by atoms with Crippen LogP contribution in [-0.4, -0.2) is 33.8 Å². The van der Waals surface area contributed by atoms with Gasteiger partial charge in [-0.1, -0.05) is 36.3 Å². The van der Waals surface area contributed by atoms with E-state index in [4.69, 9.17) is 14.0 Å². The van der Waals surface area contributed by atoms with Gasteiger partial charge in [-0.05, 0) is 60.4 Å². The van der Waals surface area contributed by atoms with Crippen molar-refractivity contribution in [1.82, 2.24) is 15.1 Å². The van der Waals surface area contributed by atoms with E-state index >= 15 is 0 Å². The van der Waals surface area contributed by atoms with Crippen LogP contribution in [0.2, 0.25) is 0 Å². The number of carbonyl (C=O) groups excluding carboxylic acids is 2. The number of benzene rings is 3. The van der Waals surface area contributed by atoms with E-state index in [-0.39, 0.29) is 30.2 Å². The quantitative estimate of drug-likeness (QED) is 0.167. The van der Waals surface area contributed by atoms with Crippen molar-refractivity contribution in [3.05, 3.63) is 95.7 Å². The van der Waals surface area contributed by atoms with Crippen LogP contribution < -0.4 is 9.47 Å². The minimum absolute atomic E-state index is 0.0860. The van der Waals surface area contributed by atoms with Crippen LogP contribution in [-0.2, 0) is 28.9 Å². The second-order valence-corrected chi connectivity index (χ2v) is 10.4. The van der Waals surface area contributed by atoms with Gasteiger partial charge in [-0.25, -0.2) is 4.39 Å². The summed E-state index contributed by atoms with van der Waals surface area (Å²) in [4.78, 5) is 35.1. The minimum atomic E-state index is -0.936. The molecule has 5 aromatic rings. The molecule has 212 valence electrons. The molecule has 1 saturated carbocycles. The minimum Gasteiger partial charge on any atom is -0.496 e. The van der Waals surface area contributed by atoms with Gasteiger partial charge in [0.25, 0.3) is 5.89 Å². The molecule has 9 heteroatoms. The van der Waals surface area contributed by atoms with Crippen LogP contribution in [0.3, 0.4) is 0 Å². The average Bonchev–Trinajstić information content (AvgIpc) is 3.69. The SMILES string of the molecule is CCc1noc(-c2cc3c(Oc4ccc(CC(=O)C5(C(=O)Cc6ccc(F)cc6)CC5)cc4)ccnc3cc2OC)n1. The molecular weight excluding hydrogens is 537 g/mol. The van der Waals surface area contributed by atoms with Crippen molar-refractivity contribution in [3.63, 3.8) is 0 Å². The number of carbonyl (C=O) groups is 2. The van der Waals surface area contributed by atoms with Gasteiger partial charge in [0.1, 0.15) is 23.1 Å². The number of nitrogens with zero attached hydrogens (tertiary/aromatic N) is 3. The molecule has 1 fully saturated rings. The third-order valence-electron chi connectivity index (χ3n) is 7.65. The Bertz CT molecular complexity index is 1780. The Labute approximate surface area is 241 Å². The fraction of sp³-hybridized carbons (Fsp3) is 0.242. The first-order valence-electron chi connectivity index (χ1n) is 13.8. The normalized spacial score (nSPS) is 13.6. The molecule has 42 heavy (non-hydrogen) atoms. The number of pyridine rings is 1. The number of aryl methyl sites for hydroxylation is 1. The Kier molecular flexibility index (Phi) is 7.24. The highest BCUT2D eigenvalue weighted by atomic mass is 19.1. The molecule has 0 unspecified atom stereocenters. The average molecular weight is 566 g/mol. The molecule has 1 aliphatic carbocycles. The number of methoxy groups -OCH3 is 1. The van der Waals surface area contributed by atoms with Crippen molar-refractivity contribution in [2.75, 3.05) is 7.11 Å². The van der Waals surface area contributed by atoms with Crippen LogP contribution >= 0.6 is 0 Å². The molecule has 3 aromatic carbocycles. The molecule has 6 rings (SSSR count). The summed E-state index contributed by atoms with van der Waals surface area (Å²) in [5.41, 5.74) is 1.87. The van der Waals surface area contributed by atoms with Crippen LogP contribution in [0.5, 0.6) is 17.2 Å². The van der Waals surface area contributed by atoms with E-state index in [0.717, 1.165) is 10.9 Å². The predicted molar refractivity (Wildman–Crippen MR) is 153 cm³/mol. The fourth-order valence-corrected chi connectivity index (χ4v) is 5.03. The maximum absolute atomic E-state index is 13.2. The number of hydrogen-bond donors (Lipinski definition) is 0. The molecule has 0 atom stereocenters. The van der Waals surface area contributed by atoms with Crippen molar-refractivity contribution in [2.24, 2.45) is 5.41 Å². The van der Waals surface area contributed by atoms with Gasteiger partial charge < -0.3 is 14.0 Å². The summed E-state index contributed by atoms with van der Waals surface area (Å²) >= 11 is 0. The van der Waals surface area contributed by atoms with E-state index < -0.39 is 5.41 Å². The van der Waals surface area contributed by atoms with E-state index in [1.807, 2.05) is 25.1 Å². The summed E-state index contributed by atoms with van der Waals surface area (Å²) < 4.78 is 30.4. The first-order valence-corrected chi connectivity index (χ1v) is 13.8. The molecule has 0 spiro atoms. The fourth-order valence-electron chi connectivity index (χ4n) is 5.03.